The molecule has 0 bridgehead atoms. The molecule has 0 atom stereocenters. The van der Waals surface area contributed by atoms with Crippen LogP contribution in [0.2, 0.25) is 0 Å². The van der Waals surface area contributed by atoms with Crippen molar-refractivity contribution in [2.75, 3.05) is 18.0 Å². The Morgan fingerprint density at radius 2 is 2.00 bits per heavy atom. The van der Waals surface area contributed by atoms with Crippen LogP contribution in [0.3, 0.4) is 0 Å². The molecule has 0 amide bonds. The van der Waals surface area contributed by atoms with Crippen molar-refractivity contribution in [1.29, 1.82) is 0 Å². The second-order valence-electron chi connectivity index (χ2n) is 4.55. The molecule has 0 heterocycles. The fourth-order valence-electron chi connectivity index (χ4n) is 2.23. The normalized spacial score (nSPS) is 10.6. The maximum Gasteiger partial charge on any atom is 0.125 e. The van der Waals surface area contributed by atoms with Crippen LogP contribution in [0, 0.1) is 5.82 Å². The van der Waals surface area contributed by atoms with Crippen LogP contribution in [-0.2, 0) is 6.42 Å². The lowest BCUT2D eigenvalue weighted by Gasteiger charge is -2.25. The quantitative estimate of drug-likeness (QED) is 0.884. The predicted molar refractivity (Wildman–Crippen MR) is 86.0 cm³/mol. The van der Waals surface area contributed by atoms with Gasteiger partial charge in [0.1, 0.15) is 5.82 Å². The highest BCUT2D eigenvalue weighted by molar-refractivity contribution is 9.10. The number of hydrogen-bond acceptors (Lipinski definition) is 2. The average Bonchev–Trinajstić information content (AvgIpc) is 2.42. The Hall–Kier alpha value is -1.39. The van der Waals surface area contributed by atoms with E-state index in [4.69, 9.17) is 5.73 Å². The van der Waals surface area contributed by atoms with Gasteiger partial charge in [0.05, 0.1) is 5.69 Å². The first kappa shape index (κ1) is 15.0. The van der Waals surface area contributed by atoms with Gasteiger partial charge in [-0.15, -0.1) is 0 Å². The molecule has 2 N–H and O–H groups in total. The molecular formula is C16H18BrFN2. The summed E-state index contributed by atoms with van der Waals surface area (Å²) in [7, 11) is 0. The Labute approximate surface area is 127 Å². The first-order valence-corrected chi connectivity index (χ1v) is 7.46. The smallest absolute Gasteiger partial charge is 0.125 e. The maximum atomic E-state index is 13.4. The number of hydrogen-bond donors (Lipinski definition) is 1. The minimum Gasteiger partial charge on any atom is -0.341 e. The van der Waals surface area contributed by atoms with E-state index in [-0.39, 0.29) is 5.82 Å². The molecule has 4 heteroatoms. The van der Waals surface area contributed by atoms with Gasteiger partial charge in [0, 0.05) is 16.7 Å². The van der Waals surface area contributed by atoms with Crippen molar-refractivity contribution >= 4 is 27.3 Å². The van der Waals surface area contributed by atoms with E-state index in [9.17, 15) is 4.39 Å². The summed E-state index contributed by atoms with van der Waals surface area (Å²) < 4.78 is 14.4. The Morgan fingerprint density at radius 3 is 2.60 bits per heavy atom. The van der Waals surface area contributed by atoms with Gasteiger partial charge < -0.3 is 10.6 Å². The van der Waals surface area contributed by atoms with Crippen LogP contribution in [-0.4, -0.2) is 13.1 Å². The van der Waals surface area contributed by atoms with E-state index in [1.165, 1.54) is 11.6 Å². The Morgan fingerprint density at radius 1 is 1.20 bits per heavy atom. The molecule has 2 aromatic rings. The monoisotopic (exact) mass is 336 g/mol. The Bertz CT molecular complexity index is 586. The van der Waals surface area contributed by atoms with Gasteiger partial charge in [0.15, 0.2) is 0 Å². The summed E-state index contributed by atoms with van der Waals surface area (Å²) in [5.41, 5.74) is 8.64. The molecule has 2 aromatic carbocycles. The van der Waals surface area contributed by atoms with Crippen molar-refractivity contribution in [2.24, 2.45) is 5.73 Å². The summed E-state index contributed by atoms with van der Waals surface area (Å²) in [5, 5.41) is 0. The number of anilines is 2. The van der Waals surface area contributed by atoms with Gasteiger partial charge in [-0.25, -0.2) is 4.39 Å². The average molecular weight is 337 g/mol. The fourth-order valence-corrected chi connectivity index (χ4v) is 2.87. The molecule has 0 aromatic heterocycles. The second-order valence-corrected chi connectivity index (χ2v) is 5.40. The molecule has 2 rings (SSSR count). The van der Waals surface area contributed by atoms with Crippen LogP contribution in [0.1, 0.15) is 12.5 Å². The molecule has 0 saturated heterocycles. The topological polar surface area (TPSA) is 29.3 Å². The van der Waals surface area contributed by atoms with Crippen LogP contribution in [0.25, 0.3) is 0 Å². The van der Waals surface area contributed by atoms with Crippen molar-refractivity contribution < 1.29 is 4.39 Å². The van der Waals surface area contributed by atoms with Crippen LogP contribution < -0.4 is 10.6 Å². The number of rotatable bonds is 5. The second kappa shape index (κ2) is 6.86. The summed E-state index contributed by atoms with van der Waals surface area (Å²) >= 11 is 3.60. The van der Waals surface area contributed by atoms with Gasteiger partial charge in [-0.05, 0) is 71.7 Å². The van der Waals surface area contributed by atoms with Crippen LogP contribution >= 0.6 is 15.9 Å². The van der Waals surface area contributed by atoms with E-state index >= 15 is 0 Å². The highest BCUT2D eigenvalue weighted by atomic mass is 79.9. The van der Waals surface area contributed by atoms with Gasteiger partial charge >= 0.3 is 0 Å². The summed E-state index contributed by atoms with van der Waals surface area (Å²) in [5.74, 6) is -0.225. The van der Waals surface area contributed by atoms with Gasteiger partial charge in [0.2, 0.25) is 0 Å². The van der Waals surface area contributed by atoms with Gasteiger partial charge in [0.25, 0.3) is 0 Å². The minimum absolute atomic E-state index is 0.225. The Kier molecular flexibility index (Phi) is 5.15. The summed E-state index contributed by atoms with van der Waals surface area (Å²) in [6.45, 7) is 3.44. The highest BCUT2D eigenvalue weighted by Gasteiger charge is 2.11. The first-order chi connectivity index (χ1) is 9.65. The molecular weight excluding hydrogens is 319 g/mol. The first-order valence-electron chi connectivity index (χ1n) is 6.67. The van der Waals surface area contributed by atoms with Crippen molar-refractivity contribution in [2.45, 2.75) is 13.3 Å². The van der Waals surface area contributed by atoms with E-state index in [2.05, 4.69) is 33.0 Å². The predicted octanol–water partition coefficient (Wildman–Crippen LogP) is 4.25. The van der Waals surface area contributed by atoms with E-state index < -0.39 is 0 Å². The molecule has 0 radical (unpaired) electrons. The van der Waals surface area contributed by atoms with Crippen molar-refractivity contribution in [3.05, 3.63) is 58.3 Å². The van der Waals surface area contributed by atoms with Gasteiger partial charge in [-0.2, -0.15) is 0 Å². The van der Waals surface area contributed by atoms with Crippen molar-refractivity contribution in [3.8, 4) is 0 Å². The molecule has 2 nitrogen and oxygen atoms in total. The summed E-state index contributed by atoms with van der Waals surface area (Å²) in [4.78, 5) is 2.07. The molecule has 106 valence electrons. The standard InChI is InChI=1S/C16H18BrFN2/c1-2-20(14-5-3-4-13(18)11-14)16-7-6-12(8-9-19)10-15(16)17/h3-7,10-11H,2,8-9,19H2,1H3. The van der Waals surface area contributed by atoms with E-state index in [1.54, 1.807) is 12.1 Å². The third kappa shape index (κ3) is 3.38. The Balaban J connectivity index is 2.37. The molecule has 0 spiro atoms. The molecule has 0 unspecified atom stereocenters. The van der Waals surface area contributed by atoms with E-state index in [0.29, 0.717) is 6.54 Å². The largest absolute Gasteiger partial charge is 0.341 e. The molecule has 0 saturated carbocycles. The number of nitrogens with zero attached hydrogens (tertiary/aromatic N) is 1. The number of halogens is 2. The summed E-state index contributed by atoms with van der Waals surface area (Å²) in [6, 6.07) is 12.8. The molecule has 20 heavy (non-hydrogen) atoms. The molecule has 0 aliphatic carbocycles. The van der Waals surface area contributed by atoms with Gasteiger partial charge in [-0.3, -0.25) is 0 Å². The van der Waals surface area contributed by atoms with E-state index in [0.717, 1.165) is 28.8 Å². The van der Waals surface area contributed by atoms with Crippen LogP contribution in [0.4, 0.5) is 15.8 Å². The third-order valence-corrected chi connectivity index (χ3v) is 3.81. The zero-order chi connectivity index (χ0) is 14.5. The zero-order valence-corrected chi connectivity index (χ0v) is 13.0. The number of nitrogens with two attached hydrogens (primary N) is 1. The third-order valence-electron chi connectivity index (χ3n) is 3.17. The molecule has 0 aliphatic rings. The maximum absolute atomic E-state index is 13.4. The summed E-state index contributed by atoms with van der Waals surface area (Å²) in [6.07, 6.45) is 0.852. The lowest BCUT2D eigenvalue weighted by Crippen LogP contribution is -2.16. The fraction of sp³-hybridized carbons (Fsp3) is 0.250. The SMILES string of the molecule is CCN(c1cccc(F)c1)c1ccc(CCN)cc1Br. The highest BCUT2D eigenvalue weighted by Crippen LogP contribution is 2.33. The molecule has 0 fully saturated rings. The zero-order valence-electron chi connectivity index (χ0n) is 11.4. The molecule has 0 aliphatic heterocycles. The van der Waals surface area contributed by atoms with Crippen molar-refractivity contribution in [3.63, 3.8) is 0 Å². The van der Waals surface area contributed by atoms with Crippen LogP contribution in [0.5, 0.6) is 0 Å². The van der Waals surface area contributed by atoms with Crippen molar-refractivity contribution in [1.82, 2.24) is 0 Å². The number of benzene rings is 2. The minimum atomic E-state index is -0.225. The van der Waals surface area contributed by atoms with E-state index in [1.807, 2.05) is 19.1 Å². The van der Waals surface area contributed by atoms with Gasteiger partial charge in [-0.1, -0.05) is 12.1 Å². The van der Waals surface area contributed by atoms with Crippen LogP contribution in [0.15, 0.2) is 46.9 Å². The lowest BCUT2D eigenvalue weighted by molar-refractivity contribution is 0.627. The lowest BCUT2D eigenvalue weighted by atomic mass is 10.1.